The van der Waals surface area contributed by atoms with Crippen molar-refractivity contribution in [1.29, 1.82) is 0 Å². The van der Waals surface area contributed by atoms with Crippen molar-refractivity contribution in [1.82, 2.24) is 5.32 Å². The van der Waals surface area contributed by atoms with Gasteiger partial charge in [-0.2, -0.15) is 11.8 Å². The second-order valence-corrected chi connectivity index (χ2v) is 10.7. The van der Waals surface area contributed by atoms with E-state index in [-0.39, 0.29) is 18.6 Å². The highest BCUT2D eigenvalue weighted by Gasteiger charge is 2.21. The maximum Gasteiger partial charge on any atom is 0.240 e. The molecule has 0 spiro atoms. The van der Waals surface area contributed by atoms with Crippen LogP contribution < -0.4 is 14.4 Å². The van der Waals surface area contributed by atoms with Crippen LogP contribution in [0.15, 0.2) is 24.3 Å². The molecule has 158 valence electrons. The van der Waals surface area contributed by atoms with Crippen molar-refractivity contribution in [3.8, 4) is 5.75 Å². The maximum atomic E-state index is 12.3. The average molecular weight is 429 g/mol. The molecule has 1 aromatic rings. The second kappa shape index (κ2) is 11.0. The van der Waals surface area contributed by atoms with Crippen molar-refractivity contribution in [3.05, 3.63) is 24.3 Å². The minimum atomic E-state index is -3.59. The van der Waals surface area contributed by atoms with E-state index in [4.69, 9.17) is 4.74 Å². The van der Waals surface area contributed by atoms with E-state index >= 15 is 0 Å². The van der Waals surface area contributed by atoms with E-state index in [2.05, 4.69) is 5.32 Å². The molecule has 0 unspecified atom stereocenters. The Kier molecular flexibility index (Phi) is 8.95. The van der Waals surface area contributed by atoms with E-state index in [0.717, 1.165) is 16.3 Å². The molecule has 0 heterocycles. The van der Waals surface area contributed by atoms with E-state index in [0.29, 0.717) is 23.2 Å². The number of carbonyl (C=O) groups is 1. The first kappa shape index (κ1) is 22.9. The molecule has 1 amide bonds. The lowest BCUT2D eigenvalue weighted by molar-refractivity contribution is -0.119. The van der Waals surface area contributed by atoms with Crippen LogP contribution in [0.1, 0.15) is 46.0 Å². The van der Waals surface area contributed by atoms with Crippen LogP contribution in [-0.4, -0.2) is 50.8 Å². The lowest BCUT2D eigenvalue weighted by Gasteiger charge is -2.23. The van der Waals surface area contributed by atoms with E-state index < -0.39 is 10.0 Å². The topological polar surface area (TPSA) is 75.7 Å². The summed E-state index contributed by atoms with van der Waals surface area (Å²) >= 11 is 1.90. The molecule has 28 heavy (non-hydrogen) atoms. The number of thioether (sulfide) groups is 1. The molecule has 1 aliphatic carbocycles. The van der Waals surface area contributed by atoms with Crippen LogP contribution >= 0.6 is 11.8 Å². The molecule has 6 nitrogen and oxygen atoms in total. The first-order valence-electron chi connectivity index (χ1n) is 9.88. The van der Waals surface area contributed by atoms with Gasteiger partial charge in [-0.05, 0) is 38.8 Å². The zero-order chi connectivity index (χ0) is 20.6. The van der Waals surface area contributed by atoms with Gasteiger partial charge < -0.3 is 10.1 Å². The van der Waals surface area contributed by atoms with Gasteiger partial charge in [-0.1, -0.05) is 25.3 Å². The Hall–Kier alpha value is -1.41. The van der Waals surface area contributed by atoms with Crippen molar-refractivity contribution in [2.24, 2.45) is 0 Å². The van der Waals surface area contributed by atoms with E-state index in [1.807, 2.05) is 25.6 Å². The SMILES string of the molecule is CC(C)Oc1cccc(N(CC(=O)NCCSC2CCCCC2)S(C)(=O)=O)c1. The minimum Gasteiger partial charge on any atom is -0.491 e. The molecule has 1 saturated carbocycles. The Bertz CT molecular complexity index is 731. The van der Waals surface area contributed by atoms with Crippen LogP contribution in [-0.2, 0) is 14.8 Å². The number of rotatable bonds is 10. The zero-order valence-corrected chi connectivity index (χ0v) is 18.7. The fourth-order valence-electron chi connectivity index (χ4n) is 3.22. The molecule has 0 bridgehead atoms. The smallest absolute Gasteiger partial charge is 0.240 e. The van der Waals surface area contributed by atoms with Crippen molar-refractivity contribution < 1.29 is 17.9 Å². The molecule has 0 saturated heterocycles. The average Bonchev–Trinajstić information content (AvgIpc) is 2.63. The first-order chi connectivity index (χ1) is 13.3. The molecule has 1 N–H and O–H groups in total. The summed E-state index contributed by atoms with van der Waals surface area (Å²) in [4.78, 5) is 12.3. The van der Waals surface area contributed by atoms with Crippen molar-refractivity contribution in [3.63, 3.8) is 0 Å². The molecule has 0 aliphatic heterocycles. The predicted molar refractivity (Wildman–Crippen MR) is 117 cm³/mol. The molecule has 0 radical (unpaired) electrons. The molecule has 0 aromatic heterocycles. The van der Waals surface area contributed by atoms with Crippen LogP contribution in [0.4, 0.5) is 5.69 Å². The number of benzene rings is 1. The summed E-state index contributed by atoms with van der Waals surface area (Å²) in [5.41, 5.74) is 0.424. The van der Waals surface area contributed by atoms with Gasteiger partial charge in [0.15, 0.2) is 0 Å². The Labute approximate surface area is 173 Å². The highest BCUT2D eigenvalue weighted by molar-refractivity contribution is 7.99. The van der Waals surface area contributed by atoms with Gasteiger partial charge in [0.2, 0.25) is 15.9 Å². The molecule has 2 rings (SSSR count). The molecule has 1 aliphatic rings. The predicted octanol–water partition coefficient (Wildman–Crippen LogP) is 3.42. The van der Waals surface area contributed by atoms with Crippen LogP contribution in [0, 0.1) is 0 Å². The van der Waals surface area contributed by atoms with Crippen molar-refractivity contribution >= 4 is 33.4 Å². The summed E-state index contributed by atoms with van der Waals surface area (Å²) in [5, 5.41) is 3.54. The molecule has 0 atom stereocenters. The minimum absolute atomic E-state index is 0.0214. The fraction of sp³-hybridized carbons (Fsp3) is 0.650. The Morgan fingerprint density at radius 2 is 2.00 bits per heavy atom. The van der Waals surface area contributed by atoms with E-state index in [1.165, 1.54) is 32.1 Å². The van der Waals surface area contributed by atoms with Crippen LogP contribution in [0.2, 0.25) is 0 Å². The number of nitrogens with one attached hydrogen (secondary N) is 1. The van der Waals surface area contributed by atoms with Gasteiger partial charge in [-0.25, -0.2) is 8.42 Å². The monoisotopic (exact) mass is 428 g/mol. The van der Waals surface area contributed by atoms with Crippen LogP contribution in [0.25, 0.3) is 0 Å². The molecule has 1 aromatic carbocycles. The second-order valence-electron chi connectivity index (χ2n) is 7.41. The summed E-state index contributed by atoms with van der Waals surface area (Å²) in [7, 11) is -3.59. The standard InChI is InChI=1S/C20H32N2O4S2/c1-16(2)26-18-9-7-8-17(14-18)22(28(3,24)25)15-20(23)21-12-13-27-19-10-5-4-6-11-19/h7-9,14,16,19H,4-6,10-13,15H2,1-3H3,(H,21,23). The number of ether oxygens (including phenoxy) is 1. The van der Waals surface area contributed by atoms with E-state index in [9.17, 15) is 13.2 Å². The Balaban J connectivity index is 1.90. The molecule has 8 heteroatoms. The van der Waals surface area contributed by atoms with Crippen molar-refractivity contribution in [2.45, 2.75) is 57.3 Å². The van der Waals surface area contributed by atoms with Gasteiger partial charge in [0.1, 0.15) is 12.3 Å². The largest absolute Gasteiger partial charge is 0.491 e. The van der Waals surface area contributed by atoms with E-state index in [1.54, 1.807) is 24.3 Å². The highest BCUT2D eigenvalue weighted by atomic mass is 32.2. The van der Waals surface area contributed by atoms with Gasteiger partial charge in [-0.15, -0.1) is 0 Å². The number of amides is 1. The summed E-state index contributed by atoms with van der Waals surface area (Å²) in [6.45, 7) is 4.12. The lowest BCUT2D eigenvalue weighted by atomic mass is 10.0. The lowest BCUT2D eigenvalue weighted by Crippen LogP contribution is -2.41. The van der Waals surface area contributed by atoms with Gasteiger partial charge in [0.25, 0.3) is 0 Å². The third-order valence-corrected chi connectivity index (χ3v) is 7.02. The zero-order valence-electron chi connectivity index (χ0n) is 17.0. The summed E-state index contributed by atoms with van der Waals surface area (Å²) in [6.07, 6.45) is 7.53. The summed E-state index contributed by atoms with van der Waals surface area (Å²) < 4.78 is 31.2. The van der Waals surface area contributed by atoms with Crippen LogP contribution in [0.3, 0.4) is 0 Å². The van der Waals surface area contributed by atoms with Crippen LogP contribution in [0.5, 0.6) is 5.75 Å². The quantitative estimate of drug-likeness (QED) is 0.578. The van der Waals surface area contributed by atoms with Gasteiger partial charge >= 0.3 is 0 Å². The van der Waals surface area contributed by atoms with Gasteiger partial charge in [0, 0.05) is 23.6 Å². The van der Waals surface area contributed by atoms with Gasteiger partial charge in [-0.3, -0.25) is 9.10 Å². The first-order valence-corrected chi connectivity index (χ1v) is 12.8. The highest BCUT2D eigenvalue weighted by Crippen LogP contribution is 2.28. The van der Waals surface area contributed by atoms with Crippen molar-refractivity contribution in [2.75, 3.05) is 29.4 Å². The summed E-state index contributed by atoms with van der Waals surface area (Å²) in [5.74, 6) is 1.13. The molecular weight excluding hydrogens is 396 g/mol. The van der Waals surface area contributed by atoms with Gasteiger partial charge in [0.05, 0.1) is 18.0 Å². The number of nitrogens with zero attached hydrogens (tertiary/aromatic N) is 1. The number of hydrogen-bond acceptors (Lipinski definition) is 5. The number of sulfonamides is 1. The molecule has 1 fully saturated rings. The normalized spacial score (nSPS) is 15.4. The Morgan fingerprint density at radius 3 is 2.64 bits per heavy atom. The maximum absolute atomic E-state index is 12.3. The molecular formula is C20H32N2O4S2. The number of anilines is 1. The third-order valence-electron chi connectivity index (χ3n) is 4.49. The number of carbonyl (C=O) groups excluding carboxylic acids is 1. The Morgan fingerprint density at radius 1 is 1.29 bits per heavy atom. The number of hydrogen-bond donors (Lipinski definition) is 1. The summed E-state index contributed by atoms with van der Waals surface area (Å²) in [6, 6.07) is 6.81. The fourth-order valence-corrected chi connectivity index (χ4v) is 5.29. The third kappa shape index (κ3) is 7.91.